The molecular weight excluding hydrogens is 216 g/mol. The summed E-state index contributed by atoms with van der Waals surface area (Å²) in [6.45, 7) is 7.51. The molecule has 0 aromatic carbocycles. The first-order valence-corrected chi connectivity index (χ1v) is 6.36. The van der Waals surface area contributed by atoms with E-state index in [0.717, 1.165) is 44.2 Å². The molecule has 1 aromatic rings. The molecule has 2 atom stereocenters. The van der Waals surface area contributed by atoms with Crippen LogP contribution in [0.5, 0.6) is 0 Å². The number of furan rings is 1. The summed E-state index contributed by atoms with van der Waals surface area (Å²) in [5, 5.41) is 0. The van der Waals surface area contributed by atoms with E-state index in [1.807, 2.05) is 19.1 Å². The number of nitrogens with zero attached hydrogens (tertiary/aromatic N) is 1. The van der Waals surface area contributed by atoms with Gasteiger partial charge < -0.3 is 14.9 Å². The van der Waals surface area contributed by atoms with Crippen molar-refractivity contribution in [1.82, 2.24) is 4.90 Å². The number of aryl methyl sites for hydroxylation is 1. The molecule has 4 nitrogen and oxygen atoms in total. The van der Waals surface area contributed by atoms with Crippen molar-refractivity contribution in [3.63, 3.8) is 0 Å². The number of hydrogen-bond donors (Lipinski definition) is 1. The maximum Gasteiger partial charge on any atom is 0.122 e. The van der Waals surface area contributed by atoms with Gasteiger partial charge in [-0.15, -0.1) is 0 Å². The summed E-state index contributed by atoms with van der Waals surface area (Å²) in [7, 11) is 0. The first-order chi connectivity index (χ1) is 8.22. The Balaban J connectivity index is 2.17. The quantitative estimate of drug-likeness (QED) is 0.867. The Morgan fingerprint density at radius 2 is 2.06 bits per heavy atom. The molecule has 1 aliphatic rings. The molecule has 2 N–H and O–H groups in total. The number of morpholine rings is 1. The zero-order chi connectivity index (χ0) is 12.3. The number of hydrogen-bond acceptors (Lipinski definition) is 4. The molecule has 0 aliphatic carbocycles. The highest BCUT2D eigenvalue weighted by Crippen LogP contribution is 2.27. The SMILES string of the molecule is CCC(N)C(c1ccc(C)o1)N1CCOCC1. The first kappa shape index (κ1) is 12.6. The third kappa shape index (κ3) is 2.89. The molecule has 96 valence electrons. The van der Waals surface area contributed by atoms with Crippen molar-refractivity contribution in [1.29, 1.82) is 0 Å². The molecule has 0 amide bonds. The third-order valence-corrected chi connectivity index (χ3v) is 3.37. The lowest BCUT2D eigenvalue weighted by atomic mass is 10.0. The van der Waals surface area contributed by atoms with Crippen LogP contribution in [0.3, 0.4) is 0 Å². The second-order valence-corrected chi connectivity index (χ2v) is 4.61. The van der Waals surface area contributed by atoms with Crippen LogP contribution in [0.2, 0.25) is 0 Å². The van der Waals surface area contributed by atoms with Gasteiger partial charge >= 0.3 is 0 Å². The highest BCUT2D eigenvalue weighted by Gasteiger charge is 2.29. The van der Waals surface area contributed by atoms with Crippen LogP contribution in [0.4, 0.5) is 0 Å². The van der Waals surface area contributed by atoms with Gasteiger partial charge in [0.15, 0.2) is 0 Å². The minimum Gasteiger partial charge on any atom is -0.465 e. The molecule has 0 spiro atoms. The molecule has 2 rings (SSSR count). The van der Waals surface area contributed by atoms with E-state index in [9.17, 15) is 0 Å². The number of nitrogens with two attached hydrogens (primary N) is 1. The summed E-state index contributed by atoms with van der Waals surface area (Å²) in [6, 6.07) is 4.34. The summed E-state index contributed by atoms with van der Waals surface area (Å²) in [5.74, 6) is 1.93. The number of ether oxygens (including phenoxy) is 1. The predicted octanol–water partition coefficient (Wildman–Crippen LogP) is 1.70. The predicted molar refractivity (Wildman–Crippen MR) is 66.8 cm³/mol. The second kappa shape index (κ2) is 5.67. The fourth-order valence-electron chi connectivity index (χ4n) is 2.35. The Bertz CT molecular complexity index is 345. The molecule has 1 aliphatic heterocycles. The van der Waals surface area contributed by atoms with Crippen molar-refractivity contribution < 1.29 is 9.15 Å². The van der Waals surface area contributed by atoms with Crippen molar-refractivity contribution in [2.75, 3.05) is 26.3 Å². The minimum absolute atomic E-state index is 0.110. The van der Waals surface area contributed by atoms with Crippen LogP contribution in [0, 0.1) is 6.92 Å². The van der Waals surface area contributed by atoms with Gasteiger partial charge in [-0.2, -0.15) is 0 Å². The lowest BCUT2D eigenvalue weighted by Gasteiger charge is -2.36. The highest BCUT2D eigenvalue weighted by atomic mass is 16.5. The maximum absolute atomic E-state index is 6.25. The smallest absolute Gasteiger partial charge is 0.122 e. The topological polar surface area (TPSA) is 51.6 Å². The van der Waals surface area contributed by atoms with Gasteiger partial charge in [0.2, 0.25) is 0 Å². The van der Waals surface area contributed by atoms with E-state index in [-0.39, 0.29) is 12.1 Å². The van der Waals surface area contributed by atoms with Gasteiger partial charge in [0, 0.05) is 19.1 Å². The Hall–Kier alpha value is -0.840. The molecular formula is C13H22N2O2. The Kier molecular flexibility index (Phi) is 4.20. The van der Waals surface area contributed by atoms with Crippen molar-refractivity contribution in [3.05, 3.63) is 23.7 Å². The van der Waals surface area contributed by atoms with Crippen LogP contribution >= 0.6 is 0 Å². The summed E-state index contributed by atoms with van der Waals surface area (Å²) in [5.41, 5.74) is 6.25. The van der Waals surface area contributed by atoms with E-state index < -0.39 is 0 Å². The van der Waals surface area contributed by atoms with Crippen LogP contribution in [-0.2, 0) is 4.74 Å². The van der Waals surface area contributed by atoms with Crippen LogP contribution in [-0.4, -0.2) is 37.2 Å². The summed E-state index contributed by atoms with van der Waals surface area (Å²) in [6.07, 6.45) is 0.946. The molecule has 4 heteroatoms. The first-order valence-electron chi connectivity index (χ1n) is 6.36. The van der Waals surface area contributed by atoms with Gasteiger partial charge in [-0.3, -0.25) is 4.90 Å². The average Bonchev–Trinajstić information content (AvgIpc) is 2.77. The molecule has 1 saturated heterocycles. The van der Waals surface area contributed by atoms with E-state index in [0.29, 0.717) is 0 Å². The van der Waals surface area contributed by atoms with Gasteiger partial charge in [-0.25, -0.2) is 0 Å². The lowest BCUT2D eigenvalue weighted by Crippen LogP contribution is -2.46. The molecule has 2 unspecified atom stereocenters. The van der Waals surface area contributed by atoms with Crippen molar-refractivity contribution in [2.24, 2.45) is 5.73 Å². The van der Waals surface area contributed by atoms with Crippen molar-refractivity contribution in [2.45, 2.75) is 32.4 Å². The lowest BCUT2D eigenvalue weighted by molar-refractivity contribution is 0.00495. The normalized spacial score (nSPS) is 21.4. The van der Waals surface area contributed by atoms with Gasteiger partial charge in [0.05, 0.1) is 19.3 Å². The molecule has 0 radical (unpaired) electrons. The van der Waals surface area contributed by atoms with Crippen LogP contribution in [0.15, 0.2) is 16.5 Å². The van der Waals surface area contributed by atoms with E-state index in [2.05, 4.69) is 11.8 Å². The Labute approximate surface area is 103 Å². The van der Waals surface area contributed by atoms with Crippen LogP contribution in [0.25, 0.3) is 0 Å². The molecule has 1 fully saturated rings. The van der Waals surface area contributed by atoms with Crippen molar-refractivity contribution >= 4 is 0 Å². The van der Waals surface area contributed by atoms with E-state index in [1.165, 1.54) is 0 Å². The summed E-state index contributed by atoms with van der Waals surface area (Å²) >= 11 is 0. The standard InChI is InChI=1S/C13H22N2O2/c1-3-11(14)13(12-5-4-10(2)17-12)15-6-8-16-9-7-15/h4-5,11,13H,3,6-9,14H2,1-2H3. The zero-order valence-corrected chi connectivity index (χ0v) is 10.7. The zero-order valence-electron chi connectivity index (χ0n) is 10.7. The van der Waals surface area contributed by atoms with Gasteiger partial charge in [0.1, 0.15) is 11.5 Å². The molecule has 2 heterocycles. The largest absolute Gasteiger partial charge is 0.465 e. The molecule has 1 aromatic heterocycles. The highest BCUT2D eigenvalue weighted by molar-refractivity contribution is 5.12. The summed E-state index contributed by atoms with van der Waals surface area (Å²) < 4.78 is 11.2. The fraction of sp³-hybridized carbons (Fsp3) is 0.692. The van der Waals surface area contributed by atoms with Gasteiger partial charge in [-0.1, -0.05) is 6.92 Å². The van der Waals surface area contributed by atoms with Crippen LogP contribution in [0.1, 0.15) is 30.9 Å². The van der Waals surface area contributed by atoms with Crippen molar-refractivity contribution in [3.8, 4) is 0 Å². The third-order valence-electron chi connectivity index (χ3n) is 3.37. The molecule has 0 bridgehead atoms. The fourth-order valence-corrected chi connectivity index (χ4v) is 2.35. The average molecular weight is 238 g/mol. The Morgan fingerprint density at radius 1 is 1.35 bits per heavy atom. The van der Waals surface area contributed by atoms with Crippen LogP contribution < -0.4 is 5.73 Å². The second-order valence-electron chi connectivity index (χ2n) is 4.61. The molecule has 17 heavy (non-hydrogen) atoms. The van der Waals surface area contributed by atoms with Gasteiger partial charge in [0.25, 0.3) is 0 Å². The number of rotatable bonds is 4. The minimum atomic E-state index is 0.110. The summed E-state index contributed by atoms with van der Waals surface area (Å²) in [4.78, 5) is 2.37. The monoisotopic (exact) mass is 238 g/mol. The Morgan fingerprint density at radius 3 is 2.59 bits per heavy atom. The maximum atomic E-state index is 6.25. The van der Waals surface area contributed by atoms with E-state index in [1.54, 1.807) is 0 Å². The molecule has 0 saturated carbocycles. The van der Waals surface area contributed by atoms with E-state index >= 15 is 0 Å². The van der Waals surface area contributed by atoms with Gasteiger partial charge in [-0.05, 0) is 25.5 Å². The van der Waals surface area contributed by atoms with E-state index in [4.69, 9.17) is 14.9 Å².